The summed E-state index contributed by atoms with van der Waals surface area (Å²) in [6.07, 6.45) is 0. The van der Waals surface area contributed by atoms with Gasteiger partial charge in [-0.15, -0.1) is 0 Å². The molecule has 0 aliphatic rings. The Labute approximate surface area is 123 Å². The Kier molecular flexibility index (Phi) is 4.24. The second kappa shape index (κ2) is 5.92. The van der Waals surface area contributed by atoms with Crippen LogP contribution in [0.2, 0.25) is 0 Å². The van der Waals surface area contributed by atoms with E-state index in [9.17, 15) is 4.39 Å². The molecule has 6 heteroatoms. The van der Waals surface area contributed by atoms with Gasteiger partial charge in [-0.05, 0) is 42.8 Å². The molecule has 2 aromatic carbocycles. The van der Waals surface area contributed by atoms with Gasteiger partial charge in [-0.1, -0.05) is 27.2 Å². The Hall–Kier alpha value is -2.08. The lowest BCUT2D eigenvalue weighted by molar-refractivity contribution is 0.318. The fraction of sp³-hybridized carbons (Fsp3) is 0.0714. The highest BCUT2D eigenvalue weighted by Gasteiger charge is 2.12. The molecule has 3 N–H and O–H groups in total. The first-order valence-electron chi connectivity index (χ1n) is 5.72. The molecule has 0 spiro atoms. The van der Waals surface area contributed by atoms with Crippen molar-refractivity contribution in [3.8, 4) is 11.5 Å². The van der Waals surface area contributed by atoms with Crippen molar-refractivity contribution in [3.05, 3.63) is 57.8 Å². The van der Waals surface area contributed by atoms with Crippen molar-refractivity contribution in [3.63, 3.8) is 0 Å². The van der Waals surface area contributed by atoms with Crippen LogP contribution in [0.3, 0.4) is 0 Å². The van der Waals surface area contributed by atoms with Gasteiger partial charge in [0.2, 0.25) is 0 Å². The van der Waals surface area contributed by atoms with Crippen LogP contribution in [0.15, 0.2) is 46.0 Å². The molecule has 0 fully saturated rings. The molecule has 0 saturated carbocycles. The zero-order valence-electron chi connectivity index (χ0n) is 10.6. The average molecular weight is 339 g/mol. The Morgan fingerprint density at radius 2 is 2.00 bits per heavy atom. The summed E-state index contributed by atoms with van der Waals surface area (Å²) in [6, 6.07) is 9.50. The second-order valence-electron chi connectivity index (χ2n) is 4.16. The first kappa shape index (κ1) is 14.3. The van der Waals surface area contributed by atoms with Crippen LogP contribution in [-0.4, -0.2) is 11.0 Å². The molecule has 0 heterocycles. The number of hydrogen-bond donors (Lipinski definition) is 2. The third-order valence-corrected chi connectivity index (χ3v) is 3.13. The molecule has 0 saturated heterocycles. The maximum Gasteiger partial charge on any atom is 0.173 e. The summed E-state index contributed by atoms with van der Waals surface area (Å²) in [5, 5.41) is 11.7. The Morgan fingerprint density at radius 3 is 2.70 bits per heavy atom. The van der Waals surface area contributed by atoms with Crippen LogP contribution in [0.25, 0.3) is 0 Å². The van der Waals surface area contributed by atoms with Crippen LogP contribution < -0.4 is 10.5 Å². The van der Waals surface area contributed by atoms with Crippen LogP contribution >= 0.6 is 15.9 Å². The molecule has 0 aliphatic carbocycles. The molecule has 2 aromatic rings. The standard InChI is InChI=1S/C14H12BrFN2O2/c1-8-2-4-11(16)13(6-8)20-12-5-3-9(15)7-10(12)14(17)18-19/h2-7,19H,1H3,(H2,17,18). The van der Waals surface area contributed by atoms with Crippen molar-refractivity contribution in [2.75, 3.05) is 0 Å². The normalized spacial score (nSPS) is 11.4. The molecular weight excluding hydrogens is 327 g/mol. The largest absolute Gasteiger partial charge is 0.454 e. The van der Waals surface area contributed by atoms with E-state index in [1.807, 2.05) is 6.92 Å². The van der Waals surface area contributed by atoms with E-state index in [2.05, 4.69) is 21.1 Å². The van der Waals surface area contributed by atoms with Gasteiger partial charge in [-0.25, -0.2) is 4.39 Å². The first-order chi connectivity index (χ1) is 9.51. The van der Waals surface area contributed by atoms with Crippen molar-refractivity contribution >= 4 is 21.8 Å². The van der Waals surface area contributed by atoms with Crippen LogP contribution in [0, 0.1) is 12.7 Å². The molecule has 0 amide bonds. The summed E-state index contributed by atoms with van der Waals surface area (Å²) >= 11 is 3.28. The van der Waals surface area contributed by atoms with Crippen LogP contribution in [-0.2, 0) is 0 Å². The predicted molar refractivity (Wildman–Crippen MR) is 77.9 cm³/mol. The quantitative estimate of drug-likeness (QED) is 0.387. The highest BCUT2D eigenvalue weighted by Crippen LogP contribution is 2.30. The minimum Gasteiger partial charge on any atom is -0.454 e. The number of benzene rings is 2. The molecule has 20 heavy (non-hydrogen) atoms. The van der Waals surface area contributed by atoms with Gasteiger partial charge in [-0.2, -0.15) is 0 Å². The van der Waals surface area contributed by atoms with Crippen molar-refractivity contribution in [1.29, 1.82) is 0 Å². The van der Waals surface area contributed by atoms with Crippen molar-refractivity contribution < 1.29 is 14.3 Å². The van der Waals surface area contributed by atoms with Gasteiger partial charge in [0.25, 0.3) is 0 Å². The minimum absolute atomic E-state index is 0.0827. The zero-order valence-corrected chi connectivity index (χ0v) is 12.2. The lowest BCUT2D eigenvalue weighted by Gasteiger charge is -2.12. The van der Waals surface area contributed by atoms with Crippen molar-refractivity contribution in [1.82, 2.24) is 0 Å². The third-order valence-electron chi connectivity index (χ3n) is 2.63. The fourth-order valence-corrected chi connectivity index (χ4v) is 2.01. The molecular formula is C14H12BrFN2O2. The summed E-state index contributed by atoms with van der Waals surface area (Å²) in [7, 11) is 0. The molecule has 0 aliphatic heterocycles. The molecule has 2 rings (SSSR count). The monoisotopic (exact) mass is 338 g/mol. The molecule has 4 nitrogen and oxygen atoms in total. The van der Waals surface area contributed by atoms with E-state index in [0.29, 0.717) is 11.3 Å². The van der Waals surface area contributed by atoms with Gasteiger partial charge in [-0.3, -0.25) is 0 Å². The Balaban J connectivity index is 2.46. The van der Waals surface area contributed by atoms with E-state index >= 15 is 0 Å². The molecule has 0 atom stereocenters. The van der Waals surface area contributed by atoms with Crippen molar-refractivity contribution in [2.45, 2.75) is 6.92 Å². The highest BCUT2D eigenvalue weighted by atomic mass is 79.9. The van der Waals surface area contributed by atoms with E-state index in [-0.39, 0.29) is 11.6 Å². The maximum absolute atomic E-state index is 13.7. The number of amidine groups is 1. The molecule has 0 aromatic heterocycles. The lowest BCUT2D eigenvalue weighted by Crippen LogP contribution is -2.14. The maximum atomic E-state index is 13.7. The Morgan fingerprint density at radius 1 is 1.25 bits per heavy atom. The SMILES string of the molecule is Cc1ccc(F)c(Oc2ccc(Br)cc2/C(N)=N/O)c1. The van der Waals surface area contributed by atoms with Gasteiger partial charge >= 0.3 is 0 Å². The average Bonchev–Trinajstić information content (AvgIpc) is 2.43. The van der Waals surface area contributed by atoms with Gasteiger partial charge in [0, 0.05) is 4.47 Å². The summed E-state index contributed by atoms with van der Waals surface area (Å²) in [4.78, 5) is 0. The van der Waals surface area contributed by atoms with E-state index in [1.165, 1.54) is 6.07 Å². The van der Waals surface area contributed by atoms with Crippen LogP contribution in [0.5, 0.6) is 11.5 Å². The van der Waals surface area contributed by atoms with Crippen molar-refractivity contribution in [2.24, 2.45) is 10.9 Å². The molecule has 0 bridgehead atoms. The Bertz CT molecular complexity index is 674. The second-order valence-corrected chi connectivity index (χ2v) is 5.08. The number of ether oxygens (including phenoxy) is 1. The van der Waals surface area contributed by atoms with Crippen LogP contribution in [0.1, 0.15) is 11.1 Å². The summed E-state index contributed by atoms with van der Waals surface area (Å²) in [6.45, 7) is 1.83. The van der Waals surface area contributed by atoms with Crippen LogP contribution in [0.4, 0.5) is 4.39 Å². The number of nitrogens with zero attached hydrogens (tertiary/aromatic N) is 1. The predicted octanol–water partition coefficient (Wildman–Crippen LogP) is 3.78. The van der Waals surface area contributed by atoms with E-state index in [0.717, 1.165) is 10.0 Å². The van der Waals surface area contributed by atoms with E-state index in [4.69, 9.17) is 15.7 Å². The topological polar surface area (TPSA) is 67.8 Å². The van der Waals surface area contributed by atoms with Gasteiger partial charge in [0.15, 0.2) is 17.4 Å². The summed E-state index contributed by atoms with van der Waals surface area (Å²) < 4.78 is 20.0. The van der Waals surface area contributed by atoms with Gasteiger partial charge in [0.05, 0.1) is 5.56 Å². The summed E-state index contributed by atoms with van der Waals surface area (Å²) in [5.41, 5.74) is 6.82. The third kappa shape index (κ3) is 3.08. The molecule has 104 valence electrons. The zero-order chi connectivity index (χ0) is 14.7. The first-order valence-corrected chi connectivity index (χ1v) is 6.52. The van der Waals surface area contributed by atoms with E-state index < -0.39 is 5.82 Å². The number of oxime groups is 1. The van der Waals surface area contributed by atoms with Gasteiger partial charge < -0.3 is 15.7 Å². The van der Waals surface area contributed by atoms with Gasteiger partial charge in [0.1, 0.15) is 5.75 Å². The number of halogens is 2. The smallest absolute Gasteiger partial charge is 0.173 e. The summed E-state index contributed by atoms with van der Waals surface area (Å²) in [5.74, 6) is -0.217. The minimum atomic E-state index is -0.482. The number of rotatable bonds is 3. The number of hydrogen-bond acceptors (Lipinski definition) is 3. The fourth-order valence-electron chi connectivity index (χ4n) is 1.65. The number of aryl methyl sites for hydroxylation is 1. The highest BCUT2D eigenvalue weighted by molar-refractivity contribution is 9.10. The molecule has 0 radical (unpaired) electrons. The van der Waals surface area contributed by atoms with E-state index in [1.54, 1.807) is 30.3 Å². The molecule has 0 unspecified atom stereocenters. The number of nitrogens with two attached hydrogens (primary N) is 1. The lowest BCUT2D eigenvalue weighted by atomic mass is 10.2.